The van der Waals surface area contributed by atoms with Crippen LogP contribution in [0.2, 0.25) is 0 Å². The van der Waals surface area contributed by atoms with Crippen molar-refractivity contribution in [1.82, 2.24) is 20.2 Å². The molecule has 0 fully saturated rings. The standard InChI is InChI=1S/C27H26N4O2S/c1-20-10-12-22(13-11-20)17-29-25(32)19-34-27-28-14-15-31(27)24-9-5-8-23(16-24)26(33)30-18-21-6-3-2-4-7-21/h2-16H,17-19H2,1H3,(H,29,32)(H,30,33). The third kappa shape index (κ3) is 6.36. The van der Waals surface area contributed by atoms with Gasteiger partial charge in [-0.2, -0.15) is 0 Å². The van der Waals surface area contributed by atoms with Crippen molar-refractivity contribution in [3.63, 3.8) is 0 Å². The zero-order chi connectivity index (χ0) is 23.8. The van der Waals surface area contributed by atoms with E-state index in [0.717, 1.165) is 16.8 Å². The molecule has 0 aliphatic rings. The van der Waals surface area contributed by atoms with Gasteiger partial charge in [-0.25, -0.2) is 4.98 Å². The van der Waals surface area contributed by atoms with Gasteiger partial charge in [0, 0.05) is 36.7 Å². The first-order valence-electron chi connectivity index (χ1n) is 11.0. The zero-order valence-corrected chi connectivity index (χ0v) is 19.7. The smallest absolute Gasteiger partial charge is 0.251 e. The highest BCUT2D eigenvalue weighted by Crippen LogP contribution is 2.21. The van der Waals surface area contributed by atoms with Crippen LogP contribution >= 0.6 is 11.8 Å². The number of imidazole rings is 1. The van der Waals surface area contributed by atoms with E-state index in [1.165, 1.54) is 17.3 Å². The number of thioether (sulfide) groups is 1. The molecule has 2 N–H and O–H groups in total. The van der Waals surface area contributed by atoms with Crippen molar-refractivity contribution in [3.8, 4) is 5.69 Å². The number of nitrogens with one attached hydrogen (secondary N) is 2. The Hall–Kier alpha value is -3.84. The lowest BCUT2D eigenvalue weighted by Gasteiger charge is -2.10. The van der Waals surface area contributed by atoms with E-state index in [2.05, 4.69) is 15.6 Å². The highest BCUT2D eigenvalue weighted by molar-refractivity contribution is 7.99. The van der Waals surface area contributed by atoms with Crippen molar-refractivity contribution >= 4 is 23.6 Å². The number of aryl methyl sites for hydroxylation is 1. The van der Waals surface area contributed by atoms with Gasteiger partial charge in [-0.15, -0.1) is 0 Å². The molecule has 4 rings (SSSR count). The SMILES string of the molecule is Cc1ccc(CNC(=O)CSc2nccn2-c2cccc(C(=O)NCc3ccccc3)c2)cc1. The maximum atomic E-state index is 12.7. The number of nitrogens with zero attached hydrogens (tertiary/aromatic N) is 2. The minimum Gasteiger partial charge on any atom is -0.351 e. The summed E-state index contributed by atoms with van der Waals surface area (Å²) in [6, 6.07) is 25.2. The topological polar surface area (TPSA) is 76.0 Å². The van der Waals surface area contributed by atoms with Gasteiger partial charge >= 0.3 is 0 Å². The predicted octanol–water partition coefficient (Wildman–Crippen LogP) is 4.52. The quantitative estimate of drug-likeness (QED) is 0.353. The summed E-state index contributed by atoms with van der Waals surface area (Å²) in [5, 5.41) is 6.58. The van der Waals surface area contributed by atoms with Gasteiger partial charge < -0.3 is 10.6 Å². The number of benzene rings is 3. The summed E-state index contributed by atoms with van der Waals surface area (Å²) in [6.07, 6.45) is 3.52. The van der Waals surface area contributed by atoms with Crippen LogP contribution in [-0.4, -0.2) is 27.1 Å². The number of aromatic nitrogens is 2. The summed E-state index contributed by atoms with van der Waals surface area (Å²) in [6.45, 7) is 3.00. The van der Waals surface area contributed by atoms with Crippen molar-refractivity contribution < 1.29 is 9.59 Å². The Morgan fingerprint density at radius 3 is 2.41 bits per heavy atom. The Balaban J connectivity index is 1.34. The summed E-state index contributed by atoms with van der Waals surface area (Å²) in [5.41, 5.74) is 4.67. The third-order valence-corrected chi connectivity index (χ3v) is 6.20. The average Bonchev–Trinajstić information content (AvgIpc) is 3.35. The first-order chi connectivity index (χ1) is 16.6. The van der Waals surface area contributed by atoms with Gasteiger partial charge in [0.25, 0.3) is 5.91 Å². The molecule has 0 aliphatic carbocycles. The summed E-state index contributed by atoms with van der Waals surface area (Å²) in [5.74, 6) is 0.0461. The van der Waals surface area contributed by atoms with Gasteiger partial charge in [0.15, 0.2) is 5.16 Å². The van der Waals surface area contributed by atoms with Crippen molar-refractivity contribution in [1.29, 1.82) is 0 Å². The van der Waals surface area contributed by atoms with Crippen molar-refractivity contribution in [2.75, 3.05) is 5.75 Å². The molecule has 2 amide bonds. The molecule has 3 aromatic carbocycles. The third-order valence-electron chi connectivity index (χ3n) is 5.23. The van der Waals surface area contributed by atoms with E-state index in [4.69, 9.17) is 0 Å². The number of rotatable bonds is 9. The van der Waals surface area contributed by atoms with E-state index < -0.39 is 0 Å². The number of carbonyl (C=O) groups excluding carboxylic acids is 2. The lowest BCUT2D eigenvalue weighted by molar-refractivity contribution is -0.118. The van der Waals surface area contributed by atoms with Crippen LogP contribution in [0.15, 0.2) is 96.4 Å². The van der Waals surface area contributed by atoms with Gasteiger partial charge in [0.1, 0.15) is 0 Å². The summed E-state index contributed by atoms with van der Waals surface area (Å²) in [4.78, 5) is 29.4. The van der Waals surface area contributed by atoms with E-state index in [1.807, 2.05) is 90.5 Å². The molecular weight excluding hydrogens is 444 g/mol. The monoisotopic (exact) mass is 470 g/mol. The van der Waals surface area contributed by atoms with Crippen LogP contribution in [-0.2, 0) is 17.9 Å². The van der Waals surface area contributed by atoms with Gasteiger partial charge in [0.2, 0.25) is 5.91 Å². The summed E-state index contributed by atoms with van der Waals surface area (Å²) < 4.78 is 1.88. The van der Waals surface area contributed by atoms with Gasteiger partial charge in [-0.05, 0) is 36.2 Å². The predicted molar refractivity (Wildman–Crippen MR) is 135 cm³/mol. The zero-order valence-electron chi connectivity index (χ0n) is 18.9. The molecule has 0 radical (unpaired) electrons. The van der Waals surface area contributed by atoms with Gasteiger partial charge in [0.05, 0.1) is 5.75 Å². The van der Waals surface area contributed by atoms with E-state index in [1.54, 1.807) is 12.3 Å². The number of hydrogen-bond donors (Lipinski definition) is 2. The van der Waals surface area contributed by atoms with E-state index in [9.17, 15) is 9.59 Å². The molecular formula is C27H26N4O2S. The second kappa shape index (κ2) is 11.3. The molecule has 1 heterocycles. The minimum absolute atomic E-state index is 0.0610. The molecule has 172 valence electrons. The van der Waals surface area contributed by atoms with Crippen LogP contribution in [0.4, 0.5) is 0 Å². The maximum absolute atomic E-state index is 12.7. The summed E-state index contributed by atoms with van der Waals surface area (Å²) in [7, 11) is 0. The largest absolute Gasteiger partial charge is 0.351 e. The van der Waals surface area contributed by atoms with Crippen molar-refractivity contribution in [3.05, 3.63) is 114 Å². The Kier molecular flexibility index (Phi) is 7.78. The molecule has 0 spiro atoms. The lowest BCUT2D eigenvalue weighted by atomic mass is 10.1. The Labute approximate surface area is 203 Å². The molecule has 0 saturated carbocycles. The molecule has 0 atom stereocenters. The highest BCUT2D eigenvalue weighted by atomic mass is 32.2. The highest BCUT2D eigenvalue weighted by Gasteiger charge is 2.12. The van der Waals surface area contributed by atoms with Crippen molar-refractivity contribution in [2.24, 2.45) is 0 Å². The molecule has 34 heavy (non-hydrogen) atoms. The molecule has 0 bridgehead atoms. The fourth-order valence-corrected chi connectivity index (χ4v) is 4.16. The van der Waals surface area contributed by atoms with Crippen LogP contribution in [0.5, 0.6) is 0 Å². The van der Waals surface area contributed by atoms with Crippen LogP contribution in [0, 0.1) is 6.92 Å². The normalized spacial score (nSPS) is 10.6. The first-order valence-corrected chi connectivity index (χ1v) is 12.0. The van der Waals surface area contributed by atoms with Crippen LogP contribution in [0.1, 0.15) is 27.0 Å². The second-order valence-electron chi connectivity index (χ2n) is 7.85. The van der Waals surface area contributed by atoms with Gasteiger partial charge in [-0.1, -0.05) is 78.0 Å². The summed E-state index contributed by atoms with van der Waals surface area (Å²) >= 11 is 1.36. The molecule has 7 heteroatoms. The van der Waals surface area contributed by atoms with Crippen LogP contribution < -0.4 is 10.6 Å². The second-order valence-corrected chi connectivity index (χ2v) is 8.79. The Morgan fingerprint density at radius 2 is 1.62 bits per heavy atom. The molecule has 0 aliphatic heterocycles. The number of amides is 2. The van der Waals surface area contributed by atoms with Gasteiger partial charge in [-0.3, -0.25) is 14.2 Å². The average molecular weight is 471 g/mol. The Morgan fingerprint density at radius 1 is 0.882 bits per heavy atom. The fourth-order valence-electron chi connectivity index (χ4n) is 3.36. The van der Waals surface area contributed by atoms with Crippen LogP contribution in [0.3, 0.4) is 0 Å². The number of carbonyl (C=O) groups is 2. The molecule has 0 saturated heterocycles. The molecule has 6 nitrogen and oxygen atoms in total. The lowest BCUT2D eigenvalue weighted by Crippen LogP contribution is -2.24. The van der Waals surface area contributed by atoms with E-state index >= 15 is 0 Å². The molecule has 0 unspecified atom stereocenters. The first kappa shape index (κ1) is 23.3. The van der Waals surface area contributed by atoms with Crippen LogP contribution in [0.25, 0.3) is 5.69 Å². The molecule has 4 aromatic rings. The Bertz CT molecular complexity index is 1250. The number of hydrogen-bond acceptors (Lipinski definition) is 4. The maximum Gasteiger partial charge on any atom is 0.251 e. The fraction of sp³-hybridized carbons (Fsp3) is 0.148. The minimum atomic E-state index is -0.143. The van der Waals surface area contributed by atoms with Crippen molar-refractivity contribution in [2.45, 2.75) is 25.2 Å². The molecule has 1 aromatic heterocycles. The van der Waals surface area contributed by atoms with E-state index in [0.29, 0.717) is 23.8 Å². The van der Waals surface area contributed by atoms with E-state index in [-0.39, 0.29) is 17.6 Å².